The van der Waals surface area contributed by atoms with Crippen molar-refractivity contribution in [3.05, 3.63) is 50.3 Å². The van der Waals surface area contributed by atoms with Crippen molar-refractivity contribution in [1.29, 1.82) is 0 Å². The van der Waals surface area contributed by atoms with Gasteiger partial charge >= 0.3 is 0 Å². The fourth-order valence-corrected chi connectivity index (χ4v) is 4.26. The molecule has 0 amide bonds. The van der Waals surface area contributed by atoms with Crippen molar-refractivity contribution in [3.63, 3.8) is 0 Å². The van der Waals surface area contributed by atoms with Gasteiger partial charge in [0.2, 0.25) is 5.75 Å². The smallest absolute Gasteiger partial charge is 0.204 e. The molecule has 3 rings (SSSR count). The molecule has 1 heterocycles. The predicted molar refractivity (Wildman–Crippen MR) is 101 cm³/mol. The second kappa shape index (κ2) is 7.37. The Morgan fingerprint density at radius 3 is 2.16 bits per heavy atom. The lowest BCUT2D eigenvalue weighted by atomic mass is 9.89. The van der Waals surface area contributed by atoms with Crippen molar-refractivity contribution in [2.75, 3.05) is 21.3 Å². The van der Waals surface area contributed by atoms with E-state index >= 15 is 0 Å². The van der Waals surface area contributed by atoms with E-state index in [1.165, 1.54) is 12.1 Å². The fraction of sp³-hybridized carbons (Fsp3) is 0.368. The van der Waals surface area contributed by atoms with Crippen molar-refractivity contribution in [3.8, 4) is 17.2 Å². The normalized spacial score (nSPS) is 19.3. The zero-order valence-corrected chi connectivity index (χ0v) is 16.7. The summed E-state index contributed by atoms with van der Waals surface area (Å²) in [6.07, 6.45) is 0.392. The number of hydrogen-bond donors (Lipinski definition) is 0. The molecule has 0 aliphatic carbocycles. The summed E-state index contributed by atoms with van der Waals surface area (Å²) in [5.74, 6) is 1.52. The first-order valence-corrected chi connectivity index (χ1v) is 9.00. The molecule has 2 aromatic rings. The second-order valence-electron chi connectivity index (χ2n) is 5.89. The first-order valence-electron chi connectivity index (χ1n) is 7.92. The molecular weight excluding hydrogens is 438 g/mol. The maximum atomic E-state index is 13.4. The molecule has 6 heteroatoms. The number of fused-ring (bicyclic) bond motifs is 1. The Morgan fingerprint density at radius 1 is 1.00 bits per heavy atom. The third-order valence-corrected chi connectivity index (χ3v) is 5.49. The van der Waals surface area contributed by atoms with Crippen molar-refractivity contribution < 1.29 is 23.3 Å². The molecule has 25 heavy (non-hydrogen) atoms. The first-order chi connectivity index (χ1) is 12.0. The topological polar surface area (TPSA) is 36.9 Å². The van der Waals surface area contributed by atoms with Gasteiger partial charge in [0.15, 0.2) is 11.5 Å². The van der Waals surface area contributed by atoms with Gasteiger partial charge in [0.25, 0.3) is 0 Å². The van der Waals surface area contributed by atoms with E-state index in [1.54, 1.807) is 33.5 Å². The Kier molecular flexibility index (Phi) is 5.38. The second-order valence-corrected chi connectivity index (χ2v) is 6.97. The minimum atomic E-state index is -0.359. The minimum Gasteiger partial charge on any atom is -0.492 e. The molecule has 2 aromatic carbocycles. The van der Waals surface area contributed by atoms with Crippen LogP contribution in [0.1, 0.15) is 29.7 Å². The van der Waals surface area contributed by atoms with Crippen LogP contribution in [0.3, 0.4) is 0 Å². The number of halogens is 2. The Hall–Kier alpha value is -1.54. The Balaban J connectivity index is 2.28. The molecule has 1 aliphatic rings. The predicted octanol–water partition coefficient (Wildman–Crippen LogP) is 4.51. The average molecular weight is 458 g/mol. The van der Waals surface area contributed by atoms with Crippen molar-refractivity contribution in [2.45, 2.75) is 25.6 Å². The highest BCUT2D eigenvalue weighted by molar-refractivity contribution is 14.1. The molecule has 0 radical (unpaired) electrons. The summed E-state index contributed by atoms with van der Waals surface area (Å²) in [4.78, 5) is 0. The average Bonchev–Trinajstić information content (AvgIpc) is 2.61. The van der Waals surface area contributed by atoms with Gasteiger partial charge in [-0.2, -0.15) is 0 Å². The summed E-state index contributed by atoms with van der Waals surface area (Å²) in [5, 5.41) is 0. The molecule has 0 fully saturated rings. The van der Waals surface area contributed by atoms with Crippen molar-refractivity contribution in [2.24, 2.45) is 0 Å². The van der Waals surface area contributed by atoms with Crippen LogP contribution < -0.4 is 14.2 Å². The number of methoxy groups -OCH3 is 3. The molecule has 4 nitrogen and oxygen atoms in total. The van der Waals surface area contributed by atoms with Crippen molar-refractivity contribution >= 4 is 22.6 Å². The fourth-order valence-electron chi connectivity index (χ4n) is 3.28. The summed E-state index contributed by atoms with van der Waals surface area (Å²) < 4.78 is 37.3. The number of benzene rings is 2. The lowest BCUT2D eigenvalue weighted by Gasteiger charge is -2.34. The van der Waals surface area contributed by atoms with E-state index in [9.17, 15) is 4.39 Å². The summed E-state index contributed by atoms with van der Waals surface area (Å²) in [5.41, 5.74) is 2.90. The molecule has 0 saturated carbocycles. The molecule has 134 valence electrons. The van der Waals surface area contributed by atoms with E-state index < -0.39 is 0 Å². The number of ether oxygens (including phenoxy) is 4. The Bertz CT molecular complexity index is 776. The van der Waals surface area contributed by atoms with Gasteiger partial charge in [-0.3, -0.25) is 0 Å². The highest BCUT2D eigenvalue weighted by Crippen LogP contribution is 2.52. The molecule has 0 bridgehead atoms. The zero-order valence-electron chi connectivity index (χ0n) is 14.6. The molecule has 0 spiro atoms. The van der Waals surface area contributed by atoms with E-state index in [4.69, 9.17) is 18.9 Å². The van der Waals surface area contributed by atoms with Crippen LogP contribution in [0, 0.1) is 9.39 Å². The lowest BCUT2D eigenvalue weighted by molar-refractivity contribution is 0.00527. The lowest BCUT2D eigenvalue weighted by Crippen LogP contribution is -2.26. The molecule has 0 saturated heterocycles. The largest absolute Gasteiger partial charge is 0.492 e. The number of hydrogen-bond acceptors (Lipinski definition) is 4. The summed E-state index contributed by atoms with van der Waals surface area (Å²) in [7, 11) is 4.80. The van der Waals surface area contributed by atoms with Crippen LogP contribution >= 0.6 is 22.6 Å². The van der Waals surface area contributed by atoms with Crippen LogP contribution in [0.5, 0.6) is 17.2 Å². The molecule has 2 atom stereocenters. The van der Waals surface area contributed by atoms with Crippen LogP contribution in [0.25, 0.3) is 0 Å². The molecule has 0 unspecified atom stereocenters. The maximum absolute atomic E-state index is 13.4. The summed E-state index contributed by atoms with van der Waals surface area (Å²) >= 11 is 2.27. The quantitative estimate of drug-likeness (QED) is 0.633. The van der Waals surface area contributed by atoms with Crippen LogP contribution in [0.2, 0.25) is 0 Å². The van der Waals surface area contributed by atoms with E-state index in [2.05, 4.69) is 22.6 Å². The summed E-state index contributed by atoms with van der Waals surface area (Å²) in [6, 6.07) is 6.36. The standard InChI is InChI=1S/C19H20FIO4/c1-10-9-13-14(16(25-10)11-5-7-12(20)8-6-11)17(22-2)19(24-4)18(23-3)15(13)21/h5-8,10,16H,9H2,1-4H3/t10-,16+/m1/s1. The Labute approximate surface area is 160 Å². The third-order valence-electron chi connectivity index (χ3n) is 4.35. The van der Waals surface area contributed by atoms with E-state index in [1.807, 2.05) is 6.92 Å². The number of rotatable bonds is 4. The van der Waals surface area contributed by atoms with Crippen LogP contribution in [-0.2, 0) is 11.2 Å². The van der Waals surface area contributed by atoms with Crippen LogP contribution in [-0.4, -0.2) is 27.4 Å². The highest BCUT2D eigenvalue weighted by Gasteiger charge is 2.35. The zero-order chi connectivity index (χ0) is 18.1. The van der Waals surface area contributed by atoms with Gasteiger partial charge in [0.1, 0.15) is 11.9 Å². The van der Waals surface area contributed by atoms with Gasteiger partial charge in [-0.1, -0.05) is 12.1 Å². The minimum absolute atomic E-state index is 0.0128. The van der Waals surface area contributed by atoms with Crippen LogP contribution in [0.15, 0.2) is 24.3 Å². The van der Waals surface area contributed by atoms with E-state index in [0.717, 1.165) is 26.7 Å². The van der Waals surface area contributed by atoms with E-state index in [-0.39, 0.29) is 18.0 Å². The van der Waals surface area contributed by atoms with Crippen molar-refractivity contribution in [1.82, 2.24) is 0 Å². The van der Waals surface area contributed by atoms with E-state index in [0.29, 0.717) is 17.2 Å². The Morgan fingerprint density at radius 2 is 1.60 bits per heavy atom. The van der Waals surface area contributed by atoms with Gasteiger partial charge in [-0.25, -0.2) is 4.39 Å². The van der Waals surface area contributed by atoms with Gasteiger partial charge in [-0.15, -0.1) is 0 Å². The molecular formula is C19H20FIO4. The first kappa shape index (κ1) is 18.3. The van der Waals surface area contributed by atoms with Gasteiger partial charge in [-0.05, 0) is 52.8 Å². The van der Waals surface area contributed by atoms with Gasteiger partial charge in [0, 0.05) is 12.0 Å². The van der Waals surface area contributed by atoms with Gasteiger partial charge < -0.3 is 18.9 Å². The maximum Gasteiger partial charge on any atom is 0.204 e. The highest BCUT2D eigenvalue weighted by atomic mass is 127. The molecule has 0 N–H and O–H groups in total. The third kappa shape index (κ3) is 3.17. The van der Waals surface area contributed by atoms with Gasteiger partial charge in [0.05, 0.1) is 31.0 Å². The molecule has 0 aromatic heterocycles. The van der Waals surface area contributed by atoms with Crippen LogP contribution in [0.4, 0.5) is 4.39 Å². The SMILES string of the molecule is COc1c(I)c2c(c(OC)c1OC)[C@H](c1ccc(F)cc1)O[C@H](C)C2. The molecule has 1 aliphatic heterocycles. The monoisotopic (exact) mass is 458 g/mol. The summed E-state index contributed by atoms with van der Waals surface area (Å²) in [6.45, 7) is 2.03.